The smallest absolute Gasteiger partial charge is 0.235 e. The second-order valence-electron chi connectivity index (χ2n) is 6.57. The van der Waals surface area contributed by atoms with Crippen molar-refractivity contribution in [2.45, 2.75) is 5.16 Å². The van der Waals surface area contributed by atoms with E-state index in [2.05, 4.69) is 9.97 Å². The van der Waals surface area contributed by atoms with Gasteiger partial charge in [0.05, 0.1) is 11.4 Å². The number of amides is 1. The monoisotopic (exact) mass is 461 g/mol. The maximum absolute atomic E-state index is 13.7. The first-order valence-electron chi connectivity index (χ1n) is 9.11. The SMILES string of the molecule is O=C(CSc1nccc(-c2ccc3ccccc3c2)n1)Nc1c(F)c(F)c(F)c(F)c1F. The molecule has 162 valence electrons. The highest BCUT2D eigenvalue weighted by atomic mass is 32.2. The summed E-state index contributed by atoms with van der Waals surface area (Å²) in [6.45, 7) is 0. The summed E-state index contributed by atoms with van der Waals surface area (Å²) < 4.78 is 67.1. The summed E-state index contributed by atoms with van der Waals surface area (Å²) >= 11 is 0.843. The summed E-state index contributed by atoms with van der Waals surface area (Å²) in [4.78, 5) is 20.4. The van der Waals surface area contributed by atoms with E-state index in [-0.39, 0.29) is 5.16 Å². The molecule has 1 aromatic heterocycles. The number of aromatic nitrogens is 2. The molecule has 10 heteroatoms. The number of halogens is 5. The van der Waals surface area contributed by atoms with Crippen molar-refractivity contribution in [1.29, 1.82) is 0 Å². The Morgan fingerprint density at radius 3 is 2.22 bits per heavy atom. The van der Waals surface area contributed by atoms with Crippen molar-refractivity contribution < 1.29 is 26.7 Å². The van der Waals surface area contributed by atoms with Crippen LogP contribution in [0.15, 0.2) is 59.9 Å². The molecule has 0 saturated heterocycles. The molecule has 0 spiro atoms. The molecule has 0 aliphatic heterocycles. The second-order valence-corrected chi connectivity index (χ2v) is 7.51. The Bertz CT molecular complexity index is 1320. The molecule has 0 unspecified atom stereocenters. The average molecular weight is 461 g/mol. The van der Waals surface area contributed by atoms with Gasteiger partial charge in [-0.25, -0.2) is 31.9 Å². The highest BCUT2D eigenvalue weighted by Crippen LogP contribution is 2.28. The van der Waals surface area contributed by atoms with Gasteiger partial charge in [-0.15, -0.1) is 0 Å². The van der Waals surface area contributed by atoms with E-state index in [4.69, 9.17) is 0 Å². The highest BCUT2D eigenvalue weighted by molar-refractivity contribution is 7.99. The van der Waals surface area contributed by atoms with Crippen LogP contribution in [0.3, 0.4) is 0 Å². The van der Waals surface area contributed by atoms with Crippen LogP contribution < -0.4 is 5.32 Å². The third-order valence-electron chi connectivity index (χ3n) is 4.49. The van der Waals surface area contributed by atoms with Crippen molar-refractivity contribution in [2.75, 3.05) is 11.1 Å². The van der Waals surface area contributed by atoms with Gasteiger partial charge >= 0.3 is 0 Å². The number of hydrogen-bond acceptors (Lipinski definition) is 4. The summed E-state index contributed by atoms with van der Waals surface area (Å²) in [5, 5.41) is 3.98. The third kappa shape index (κ3) is 4.26. The van der Waals surface area contributed by atoms with Gasteiger partial charge in [-0.05, 0) is 22.9 Å². The van der Waals surface area contributed by atoms with Crippen molar-refractivity contribution in [3.63, 3.8) is 0 Å². The van der Waals surface area contributed by atoms with Crippen molar-refractivity contribution in [3.05, 3.63) is 83.8 Å². The molecule has 0 aliphatic carbocycles. The molecular weight excluding hydrogens is 449 g/mol. The number of nitrogens with zero attached hydrogens (tertiary/aromatic N) is 2. The van der Waals surface area contributed by atoms with Gasteiger partial charge < -0.3 is 5.32 Å². The van der Waals surface area contributed by atoms with E-state index in [0.29, 0.717) is 5.69 Å². The lowest BCUT2D eigenvalue weighted by atomic mass is 10.1. The van der Waals surface area contributed by atoms with Crippen LogP contribution in [0.2, 0.25) is 0 Å². The summed E-state index contributed by atoms with van der Waals surface area (Å²) in [6.07, 6.45) is 1.49. The number of fused-ring (bicyclic) bond motifs is 1. The number of nitrogens with one attached hydrogen (secondary N) is 1. The zero-order valence-electron chi connectivity index (χ0n) is 16.0. The number of carbonyl (C=O) groups is 1. The van der Waals surface area contributed by atoms with E-state index in [9.17, 15) is 26.7 Å². The Balaban J connectivity index is 1.48. The first-order chi connectivity index (χ1) is 15.3. The van der Waals surface area contributed by atoms with Gasteiger partial charge in [0, 0.05) is 11.8 Å². The minimum Gasteiger partial charge on any atom is -0.320 e. The molecular formula is C22H12F5N3OS. The Morgan fingerprint density at radius 1 is 0.844 bits per heavy atom. The summed E-state index contributed by atoms with van der Waals surface area (Å²) in [5.41, 5.74) is 0.00469. The predicted octanol–water partition coefficient (Wildman–Crippen LogP) is 5.72. The Labute approximate surface area is 182 Å². The molecule has 4 rings (SSSR count). The fraction of sp³-hybridized carbons (Fsp3) is 0.0455. The summed E-state index contributed by atoms with van der Waals surface area (Å²) in [5.74, 6) is -12.2. The van der Waals surface area contributed by atoms with Gasteiger partial charge in [-0.3, -0.25) is 4.79 Å². The number of carbonyl (C=O) groups excluding carboxylic acids is 1. The van der Waals surface area contributed by atoms with Gasteiger partial charge in [-0.2, -0.15) is 0 Å². The van der Waals surface area contributed by atoms with E-state index in [1.807, 2.05) is 42.5 Å². The number of anilines is 1. The molecule has 0 aliphatic rings. The molecule has 1 N–H and O–H groups in total. The van der Waals surface area contributed by atoms with Crippen molar-refractivity contribution in [2.24, 2.45) is 0 Å². The van der Waals surface area contributed by atoms with Crippen LogP contribution in [0.4, 0.5) is 27.6 Å². The van der Waals surface area contributed by atoms with Crippen LogP contribution in [0.1, 0.15) is 0 Å². The van der Waals surface area contributed by atoms with E-state index >= 15 is 0 Å². The lowest BCUT2D eigenvalue weighted by Gasteiger charge is -2.09. The Hall–Kier alpha value is -3.53. The molecule has 0 saturated carbocycles. The molecule has 1 heterocycles. The lowest BCUT2D eigenvalue weighted by molar-refractivity contribution is -0.113. The second kappa shape index (κ2) is 8.91. The molecule has 0 atom stereocenters. The first kappa shape index (κ1) is 21.7. The fourth-order valence-corrected chi connectivity index (χ4v) is 3.57. The van der Waals surface area contributed by atoms with Crippen LogP contribution in [0.5, 0.6) is 0 Å². The molecule has 0 bridgehead atoms. The molecule has 0 fully saturated rings. The first-order valence-corrected chi connectivity index (χ1v) is 10.1. The average Bonchev–Trinajstić information content (AvgIpc) is 2.82. The van der Waals surface area contributed by atoms with E-state index < -0.39 is 46.4 Å². The van der Waals surface area contributed by atoms with Gasteiger partial charge in [0.25, 0.3) is 0 Å². The Morgan fingerprint density at radius 2 is 1.50 bits per heavy atom. The Kier molecular flexibility index (Phi) is 6.04. The summed E-state index contributed by atoms with van der Waals surface area (Å²) in [6, 6.07) is 15.2. The molecule has 3 aromatic carbocycles. The van der Waals surface area contributed by atoms with Crippen LogP contribution in [-0.4, -0.2) is 21.6 Å². The third-order valence-corrected chi connectivity index (χ3v) is 5.35. The van der Waals surface area contributed by atoms with Gasteiger partial charge in [0.2, 0.25) is 11.7 Å². The quantitative estimate of drug-likeness (QED) is 0.136. The van der Waals surface area contributed by atoms with Crippen LogP contribution in [-0.2, 0) is 4.79 Å². The number of thioether (sulfide) groups is 1. The minimum atomic E-state index is -2.30. The van der Waals surface area contributed by atoms with Crippen molar-refractivity contribution in [1.82, 2.24) is 9.97 Å². The van der Waals surface area contributed by atoms with Crippen molar-refractivity contribution >= 4 is 34.1 Å². The van der Waals surface area contributed by atoms with E-state index in [0.717, 1.165) is 28.1 Å². The maximum atomic E-state index is 13.7. The van der Waals surface area contributed by atoms with Crippen molar-refractivity contribution in [3.8, 4) is 11.3 Å². The maximum Gasteiger partial charge on any atom is 0.235 e. The topological polar surface area (TPSA) is 54.9 Å². The molecule has 32 heavy (non-hydrogen) atoms. The van der Waals surface area contributed by atoms with Crippen LogP contribution in [0.25, 0.3) is 22.0 Å². The number of benzene rings is 3. The van der Waals surface area contributed by atoms with E-state index in [1.54, 1.807) is 11.4 Å². The van der Waals surface area contributed by atoms with Gasteiger partial charge in [0.1, 0.15) is 5.69 Å². The number of rotatable bonds is 5. The zero-order valence-corrected chi connectivity index (χ0v) is 16.8. The number of hydrogen-bond donors (Lipinski definition) is 1. The van der Waals surface area contributed by atoms with Gasteiger partial charge in [0.15, 0.2) is 28.4 Å². The zero-order chi connectivity index (χ0) is 22.8. The minimum absolute atomic E-state index is 0.197. The largest absolute Gasteiger partial charge is 0.320 e. The summed E-state index contributed by atoms with van der Waals surface area (Å²) in [7, 11) is 0. The van der Waals surface area contributed by atoms with Gasteiger partial charge in [-0.1, -0.05) is 48.2 Å². The normalized spacial score (nSPS) is 11.0. The van der Waals surface area contributed by atoms with Crippen LogP contribution >= 0.6 is 11.8 Å². The van der Waals surface area contributed by atoms with Crippen LogP contribution in [0, 0.1) is 29.1 Å². The fourth-order valence-electron chi connectivity index (χ4n) is 2.94. The molecule has 1 amide bonds. The molecule has 4 aromatic rings. The molecule has 4 nitrogen and oxygen atoms in total. The molecule has 0 radical (unpaired) electrons. The standard InChI is InChI=1S/C22H12F5N3OS/c23-16-17(24)19(26)21(20(27)18(16)25)30-15(31)10-32-22-28-8-7-14(29-22)13-6-5-11-3-1-2-4-12(11)9-13/h1-9H,10H2,(H,30,31). The predicted molar refractivity (Wildman–Crippen MR) is 111 cm³/mol. The van der Waals surface area contributed by atoms with E-state index in [1.165, 1.54) is 6.20 Å². The lowest BCUT2D eigenvalue weighted by Crippen LogP contribution is -2.18. The highest BCUT2D eigenvalue weighted by Gasteiger charge is 2.26.